The van der Waals surface area contributed by atoms with Crippen LogP contribution in [-0.2, 0) is 0 Å². The minimum atomic E-state index is 0.748. The van der Waals surface area contributed by atoms with Gasteiger partial charge in [-0.25, -0.2) is 0 Å². The Hall–Kier alpha value is -0.380. The fourth-order valence-electron chi connectivity index (χ4n) is 12.9. The Balaban J connectivity index is 0.000000101. The number of hydrogen-bond donors (Lipinski definition) is 0. The van der Waals surface area contributed by atoms with E-state index in [1.165, 1.54) is 78.2 Å². The average Bonchev–Trinajstić information content (AvgIpc) is 2.87. The zero-order chi connectivity index (χ0) is 28.4. The monoisotopic (exact) mass is 564 g/mol. The van der Waals surface area contributed by atoms with Crippen LogP contribution in [0.2, 0.25) is 0 Å². The molecule has 3 saturated carbocycles. The first-order valence-corrected chi connectivity index (χ1v) is 18.6. The van der Waals surface area contributed by atoms with Gasteiger partial charge in [-0.2, -0.15) is 0 Å². The van der Waals surface area contributed by atoms with Crippen LogP contribution >= 0.6 is 0 Å². The number of rotatable bonds is 4. The van der Waals surface area contributed by atoms with Gasteiger partial charge in [0.25, 0.3) is 0 Å². The lowest BCUT2D eigenvalue weighted by molar-refractivity contribution is -0.0797. The number of hydrogen-bond acceptors (Lipinski definition) is 3. The zero-order valence-electron chi connectivity index (χ0n) is 27.8. The Morgan fingerprint density at radius 1 is 0.561 bits per heavy atom. The Labute approximate surface area is 254 Å². The summed E-state index contributed by atoms with van der Waals surface area (Å²) < 4.78 is 0. The summed E-state index contributed by atoms with van der Waals surface area (Å²) in [4.78, 5) is 8.17. The van der Waals surface area contributed by atoms with Gasteiger partial charge in [0.15, 0.2) is 0 Å². The van der Waals surface area contributed by atoms with Crippen LogP contribution in [0.25, 0.3) is 0 Å². The second-order valence-corrected chi connectivity index (χ2v) is 18.1. The standard InChI is InChI=1S/C13H23N.C13H21N.C12H21N/c2*1-9(2)3-13-11-4-10-5-12(13)8-14(6-10)7-11;1-8(2)12-10-3-9-4-11(12)7-13(5-9)6-10/h9-13H,3-8H2,1-2H3;3,9-12H,4-8H2,1-2H3;8-12H,3-7H2,1-2H3. The van der Waals surface area contributed by atoms with Crippen molar-refractivity contribution in [3.8, 4) is 0 Å². The van der Waals surface area contributed by atoms with Gasteiger partial charge in [-0.15, -0.1) is 0 Å². The SMILES string of the molecule is CC(C)C1C2CC3CC1CN(C3)C2.CC(C)C=C1C2CC3CC1CN(C3)C2.CC(C)CC1C2CC3CC1CN(C3)C2. The summed E-state index contributed by atoms with van der Waals surface area (Å²) in [5.74, 6) is 14.1. The summed E-state index contributed by atoms with van der Waals surface area (Å²) in [5, 5.41) is 0. The van der Waals surface area contributed by atoms with E-state index in [9.17, 15) is 0 Å². The molecule has 3 nitrogen and oxygen atoms in total. The van der Waals surface area contributed by atoms with Gasteiger partial charge in [0, 0.05) is 58.9 Å². The Morgan fingerprint density at radius 3 is 1.41 bits per heavy atom. The molecule has 3 aliphatic carbocycles. The van der Waals surface area contributed by atoms with Crippen molar-refractivity contribution in [1.82, 2.24) is 14.7 Å². The van der Waals surface area contributed by atoms with E-state index in [4.69, 9.17) is 0 Å². The molecule has 9 aliphatic heterocycles. The van der Waals surface area contributed by atoms with E-state index in [-0.39, 0.29) is 0 Å². The van der Waals surface area contributed by atoms with Crippen LogP contribution in [0.5, 0.6) is 0 Å². The number of nitrogens with zero attached hydrogens (tertiary/aromatic N) is 3. The van der Waals surface area contributed by atoms with Gasteiger partial charge in [-0.05, 0) is 128 Å². The van der Waals surface area contributed by atoms with Crippen LogP contribution in [-0.4, -0.2) is 73.6 Å². The van der Waals surface area contributed by atoms with Crippen LogP contribution < -0.4 is 0 Å². The second kappa shape index (κ2) is 11.8. The number of piperidine rings is 9. The molecule has 6 atom stereocenters. The molecule has 12 rings (SSSR count). The van der Waals surface area contributed by atoms with Crippen molar-refractivity contribution in [2.75, 3.05) is 58.9 Å². The second-order valence-electron chi connectivity index (χ2n) is 18.1. The van der Waals surface area contributed by atoms with Crippen LogP contribution in [0.4, 0.5) is 0 Å². The zero-order valence-corrected chi connectivity index (χ0v) is 27.8. The maximum Gasteiger partial charge on any atom is 0.00476 e. The predicted octanol–water partition coefficient (Wildman–Crippen LogP) is 7.39. The van der Waals surface area contributed by atoms with Gasteiger partial charge in [0.1, 0.15) is 0 Å². The minimum absolute atomic E-state index is 0.748. The fourth-order valence-corrected chi connectivity index (χ4v) is 12.9. The molecule has 0 aromatic rings. The molecular formula is C38H65N3. The lowest BCUT2D eigenvalue weighted by Crippen LogP contribution is -2.58. The van der Waals surface area contributed by atoms with E-state index in [0.717, 1.165) is 82.9 Å². The van der Waals surface area contributed by atoms with Gasteiger partial charge in [-0.3, -0.25) is 0 Å². The highest BCUT2D eigenvalue weighted by atomic mass is 15.2. The van der Waals surface area contributed by atoms with E-state index >= 15 is 0 Å². The van der Waals surface area contributed by atoms with Crippen molar-refractivity contribution < 1.29 is 0 Å². The van der Waals surface area contributed by atoms with Gasteiger partial charge in [0.2, 0.25) is 0 Å². The summed E-state index contributed by atoms with van der Waals surface area (Å²) in [6.07, 6.45) is 13.3. The molecule has 232 valence electrons. The Morgan fingerprint density at radius 2 is 1.00 bits per heavy atom. The summed E-state index contributed by atoms with van der Waals surface area (Å²) in [7, 11) is 0. The topological polar surface area (TPSA) is 9.72 Å². The molecule has 12 aliphatic rings. The summed E-state index contributed by atoms with van der Waals surface area (Å²) in [6, 6.07) is 0. The molecule has 9 saturated heterocycles. The van der Waals surface area contributed by atoms with E-state index in [2.05, 4.69) is 62.3 Å². The van der Waals surface area contributed by atoms with Crippen LogP contribution in [0.3, 0.4) is 0 Å². The third kappa shape index (κ3) is 6.13. The largest absolute Gasteiger partial charge is 0.302 e. The van der Waals surface area contributed by atoms with Crippen molar-refractivity contribution >= 4 is 0 Å². The van der Waals surface area contributed by atoms with Crippen molar-refractivity contribution in [3.63, 3.8) is 0 Å². The van der Waals surface area contributed by atoms with Crippen LogP contribution in [0, 0.1) is 82.9 Å². The Kier molecular flexibility index (Phi) is 8.48. The predicted molar refractivity (Wildman–Crippen MR) is 173 cm³/mol. The summed E-state index contributed by atoms with van der Waals surface area (Å²) in [5.41, 5.74) is 1.83. The highest BCUT2D eigenvalue weighted by Crippen LogP contribution is 2.51. The van der Waals surface area contributed by atoms with E-state index in [1.54, 1.807) is 25.7 Å². The first-order valence-electron chi connectivity index (χ1n) is 18.6. The lowest BCUT2D eigenvalue weighted by atomic mass is 9.59. The average molecular weight is 564 g/mol. The smallest absolute Gasteiger partial charge is 0.00476 e. The molecule has 0 aromatic heterocycles. The first-order chi connectivity index (χ1) is 19.7. The third-order valence-corrected chi connectivity index (χ3v) is 13.5. The quantitative estimate of drug-likeness (QED) is 0.330. The molecular weight excluding hydrogens is 498 g/mol. The van der Waals surface area contributed by atoms with E-state index < -0.39 is 0 Å². The molecule has 0 amide bonds. The molecule has 0 radical (unpaired) electrons. The van der Waals surface area contributed by atoms with Crippen molar-refractivity contribution in [3.05, 3.63) is 11.6 Å². The minimum Gasteiger partial charge on any atom is -0.302 e. The van der Waals surface area contributed by atoms with Crippen molar-refractivity contribution in [2.24, 2.45) is 82.9 Å². The molecule has 9 heterocycles. The van der Waals surface area contributed by atoms with Gasteiger partial charge in [-0.1, -0.05) is 53.2 Å². The highest BCUT2D eigenvalue weighted by Gasteiger charge is 2.49. The molecule has 3 heteroatoms. The number of allylic oxidation sites excluding steroid dienone is 1. The van der Waals surface area contributed by atoms with Crippen LogP contribution in [0.1, 0.15) is 86.5 Å². The van der Waals surface area contributed by atoms with Crippen molar-refractivity contribution in [1.29, 1.82) is 0 Å². The van der Waals surface area contributed by atoms with Gasteiger partial charge < -0.3 is 14.7 Å². The summed E-state index contributed by atoms with van der Waals surface area (Å²) >= 11 is 0. The van der Waals surface area contributed by atoms with Gasteiger partial charge in [0.05, 0.1) is 0 Å². The van der Waals surface area contributed by atoms with Gasteiger partial charge >= 0.3 is 0 Å². The fraction of sp³-hybridized carbons (Fsp3) is 0.947. The first kappa shape index (κ1) is 29.3. The maximum absolute atomic E-state index is 2.74. The van der Waals surface area contributed by atoms with E-state index in [1.807, 2.05) is 5.57 Å². The highest BCUT2D eigenvalue weighted by molar-refractivity contribution is 5.21. The molecule has 0 aromatic carbocycles. The maximum atomic E-state index is 2.74. The van der Waals surface area contributed by atoms with Crippen LogP contribution in [0.15, 0.2) is 11.6 Å². The molecule has 41 heavy (non-hydrogen) atoms. The lowest BCUT2D eigenvalue weighted by Gasteiger charge is -2.57. The van der Waals surface area contributed by atoms with E-state index in [0.29, 0.717) is 0 Å². The molecule has 6 unspecified atom stereocenters. The molecule has 0 spiro atoms. The normalized spacial score (nSPS) is 49.4. The Bertz CT molecular complexity index is 846. The van der Waals surface area contributed by atoms with Crippen molar-refractivity contribution in [2.45, 2.75) is 86.5 Å². The molecule has 12 bridgehead atoms. The third-order valence-electron chi connectivity index (χ3n) is 13.5. The molecule has 0 N–H and O–H groups in total. The molecule has 12 fully saturated rings. The summed E-state index contributed by atoms with van der Waals surface area (Å²) in [6.45, 7) is 27.0.